The van der Waals surface area contributed by atoms with Gasteiger partial charge in [0.2, 0.25) is 0 Å². The van der Waals surface area contributed by atoms with Crippen LogP contribution in [0.25, 0.3) is 0 Å². The van der Waals surface area contributed by atoms with Gasteiger partial charge in [-0.25, -0.2) is 4.98 Å². The number of pyridine rings is 1. The standard InChI is InChI=1S/C15H23N3/c1-4-9-18(10-8-13(3)5-2)15-7-6-14(11-16)12-17-15/h6-7,12-13H,4-5,8-10H2,1-3H3. The fraction of sp³-hybridized carbons (Fsp3) is 0.600. The summed E-state index contributed by atoms with van der Waals surface area (Å²) >= 11 is 0. The van der Waals surface area contributed by atoms with Crippen molar-refractivity contribution in [1.29, 1.82) is 5.26 Å². The van der Waals surface area contributed by atoms with Crippen molar-refractivity contribution in [2.24, 2.45) is 5.92 Å². The zero-order chi connectivity index (χ0) is 13.4. The van der Waals surface area contributed by atoms with Crippen LogP contribution in [-0.4, -0.2) is 18.1 Å². The Labute approximate surface area is 110 Å². The molecule has 0 N–H and O–H groups in total. The first kappa shape index (κ1) is 14.5. The van der Waals surface area contributed by atoms with Crippen LogP contribution in [0.5, 0.6) is 0 Å². The highest BCUT2D eigenvalue weighted by Crippen LogP contribution is 2.15. The summed E-state index contributed by atoms with van der Waals surface area (Å²) < 4.78 is 0. The first-order valence-electron chi connectivity index (χ1n) is 6.82. The van der Waals surface area contributed by atoms with E-state index in [1.54, 1.807) is 6.20 Å². The van der Waals surface area contributed by atoms with Crippen LogP contribution >= 0.6 is 0 Å². The molecule has 98 valence electrons. The molecular formula is C15H23N3. The summed E-state index contributed by atoms with van der Waals surface area (Å²) in [4.78, 5) is 6.69. The third-order valence-corrected chi connectivity index (χ3v) is 3.28. The normalized spacial score (nSPS) is 11.9. The Kier molecular flexibility index (Phi) is 6.21. The topological polar surface area (TPSA) is 39.9 Å². The van der Waals surface area contributed by atoms with Gasteiger partial charge in [-0.3, -0.25) is 0 Å². The molecule has 3 heteroatoms. The molecule has 0 amide bonds. The summed E-state index contributed by atoms with van der Waals surface area (Å²) in [5.74, 6) is 1.74. The summed E-state index contributed by atoms with van der Waals surface area (Å²) in [6.07, 6.45) is 5.18. The van der Waals surface area contributed by atoms with Gasteiger partial charge < -0.3 is 4.90 Å². The zero-order valence-electron chi connectivity index (χ0n) is 11.7. The molecule has 0 saturated carbocycles. The van der Waals surface area contributed by atoms with E-state index in [1.807, 2.05) is 12.1 Å². The molecule has 0 aliphatic carbocycles. The van der Waals surface area contributed by atoms with Gasteiger partial charge in [0, 0.05) is 19.3 Å². The second kappa shape index (κ2) is 7.71. The Morgan fingerprint density at radius 2 is 2.11 bits per heavy atom. The Balaban J connectivity index is 2.67. The van der Waals surface area contributed by atoms with Gasteiger partial charge in [0.1, 0.15) is 11.9 Å². The van der Waals surface area contributed by atoms with Crippen molar-refractivity contribution in [3.63, 3.8) is 0 Å². The summed E-state index contributed by atoms with van der Waals surface area (Å²) in [6.45, 7) is 8.77. The van der Waals surface area contributed by atoms with E-state index in [0.717, 1.165) is 31.2 Å². The minimum absolute atomic E-state index is 0.622. The minimum Gasteiger partial charge on any atom is -0.357 e. The zero-order valence-corrected chi connectivity index (χ0v) is 11.7. The quantitative estimate of drug-likeness (QED) is 0.736. The highest BCUT2D eigenvalue weighted by molar-refractivity contribution is 5.41. The Morgan fingerprint density at radius 3 is 2.61 bits per heavy atom. The summed E-state index contributed by atoms with van der Waals surface area (Å²) in [7, 11) is 0. The first-order chi connectivity index (χ1) is 8.71. The van der Waals surface area contributed by atoms with Crippen LogP contribution in [0.2, 0.25) is 0 Å². The molecule has 0 radical (unpaired) electrons. The molecule has 1 aromatic heterocycles. The lowest BCUT2D eigenvalue weighted by Crippen LogP contribution is -2.27. The molecule has 1 unspecified atom stereocenters. The molecule has 0 aliphatic heterocycles. The van der Waals surface area contributed by atoms with Crippen molar-refractivity contribution in [2.75, 3.05) is 18.0 Å². The lowest BCUT2D eigenvalue weighted by Gasteiger charge is -2.24. The number of hydrogen-bond acceptors (Lipinski definition) is 3. The van der Waals surface area contributed by atoms with Gasteiger partial charge in [-0.15, -0.1) is 0 Å². The molecule has 0 saturated heterocycles. The molecule has 1 heterocycles. The number of hydrogen-bond donors (Lipinski definition) is 0. The predicted octanol–water partition coefficient (Wildman–Crippen LogP) is 3.61. The maximum Gasteiger partial charge on any atom is 0.128 e. The summed E-state index contributed by atoms with van der Waals surface area (Å²) in [5, 5.41) is 8.77. The molecule has 18 heavy (non-hydrogen) atoms. The lowest BCUT2D eigenvalue weighted by molar-refractivity contribution is 0.509. The molecule has 1 rings (SSSR count). The van der Waals surface area contributed by atoms with Gasteiger partial charge in [0.25, 0.3) is 0 Å². The van der Waals surface area contributed by atoms with Crippen LogP contribution in [0.3, 0.4) is 0 Å². The lowest BCUT2D eigenvalue weighted by atomic mass is 10.1. The van der Waals surface area contributed by atoms with Gasteiger partial charge in [-0.1, -0.05) is 27.2 Å². The molecule has 1 aromatic rings. The van der Waals surface area contributed by atoms with E-state index in [2.05, 4.69) is 36.7 Å². The van der Waals surface area contributed by atoms with Gasteiger partial charge in [-0.2, -0.15) is 5.26 Å². The van der Waals surface area contributed by atoms with Crippen LogP contribution in [0.4, 0.5) is 5.82 Å². The summed E-state index contributed by atoms with van der Waals surface area (Å²) in [6, 6.07) is 5.89. The summed E-state index contributed by atoms with van der Waals surface area (Å²) in [5.41, 5.74) is 0.622. The second-order valence-electron chi connectivity index (χ2n) is 4.81. The molecule has 1 atom stereocenters. The largest absolute Gasteiger partial charge is 0.357 e. The van der Waals surface area contributed by atoms with Crippen LogP contribution < -0.4 is 4.90 Å². The fourth-order valence-corrected chi connectivity index (χ4v) is 1.83. The highest BCUT2D eigenvalue weighted by atomic mass is 15.2. The molecule has 3 nitrogen and oxygen atoms in total. The third-order valence-electron chi connectivity index (χ3n) is 3.28. The number of rotatable bonds is 7. The van der Waals surface area contributed by atoms with Gasteiger partial charge in [0.15, 0.2) is 0 Å². The number of aromatic nitrogens is 1. The monoisotopic (exact) mass is 245 g/mol. The van der Waals surface area contributed by atoms with E-state index in [1.165, 1.54) is 12.8 Å². The molecule has 0 aromatic carbocycles. The van der Waals surface area contributed by atoms with E-state index in [4.69, 9.17) is 5.26 Å². The van der Waals surface area contributed by atoms with Gasteiger partial charge >= 0.3 is 0 Å². The van der Waals surface area contributed by atoms with E-state index < -0.39 is 0 Å². The second-order valence-corrected chi connectivity index (χ2v) is 4.81. The highest BCUT2D eigenvalue weighted by Gasteiger charge is 2.08. The Bertz CT molecular complexity index is 378. The molecule has 0 fully saturated rings. The van der Waals surface area contributed by atoms with E-state index in [9.17, 15) is 0 Å². The van der Waals surface area contributed by atoms with Crippen LogP contribution in [0, 0.1) is 17.2 Å². The average molecular weight is 245 g/mol. The van der Waals surface area contributed by atoms with Crippen molar-refractivity contribution in [3.8, 4) is 6.07 Å². The van der Waals surface area contributed by atoms with Crippen molar-refractivity contribution in [3.05, 3.63) is 23.9 Å². The molecule has 0 aliphatic rings. The fourth-order valence-electron chi connectivity index (χ4n) is 1.83. The van der Waals surface area contributed by atoms with E-state index >= 15 is 0 Å². The van der Waals surface area contributed by atoms with Crippen LogP contribution in [0.15, 0.2) is 18.3 Å². The van der Waals surface area contributed by atoms with E-state index in [0.29, 0.717) is 5.56 Å². The SMILES string of the molecule is CCCN(CCC(C)CC)c1ccc(C#N)cn1. The Hall–Kier alpha value is -1.56. The molecular weight excluding hydrogens is 222 g/mol. The van der Waals surface area contributed by atoms with Crippen LogP contribution in [-0.2, 0) is 0 Å². The number of nitriles is 1. The van der Waals surface area contributed by atoms with Crippen molar-refractivity contribution in [2.45, 2.75) is 40.0 Å². The number of nitrogens with zero attached hydrogens (tertiary/aromatic N) is 3. The smallest absolute Gasteiger partial charge is 0.128 e. The minimum atomic E-state index is 0.622. The third kappa shape index (κ3) is 4.37. The predicted molar refractivity (Wildman–Crippen MR) is 75.5 cm³/mol. The van der Waals surface area contributed by atoms with Crippen molar-refractivity contribution < 1.29 is 0 Å². The average Bonchev–Trinajstić information content (AvgIpc) is 2.43. The Morgan fingerprint density at radius 1 is 1.33 bits per heavy atom. The van der Waals surface area contributed by atoms with Crippen molar-refractivity contribution >= 4 is 5.82 Å². The molecule has 0 spiro atoms. The van der Waals surface area contributed by atoms with Gasteiger partial charge in [-0.05, 0) is 30.9 Å². The van der Waals surface area contributed by atoms with Gasteiger partial charge in [0.05, 0.1) is 5.56 Å². The first-order valence-corrected chi connectivity index (χ1v) is 6.82. The van der Waals surface area contributed by atoms with Crippen molar-refractivity contribution in [1.82, 2.24) is 4.98 Å². The van der Waals surface area contributed by atoms with Crippen LogP contribution in [0.1, 0.15) is 45.6 Å². The maximum absolute atomic E-state index is 8.77. The number of anilines is 1. The van der Waals surface area contributed by atoms with E-state index in [-0.39, 0.29) is 0 Å². The maximum atomic E-state index is 8.77. The molecule has 0 bridgehead atoms.